The van der Waals surface area contributed by atoms with Gasteiger partial charge >= 0.3 is 0 Å². The lowest BCUT2D eigenvalue weighted by molar-refractivity contribution is 0.310. The van der Waals surface area contributed by atoms with E-state index in [2.05, 4.69) is 9.88 Å². The second-order valence-electron chi connectivity index (χ2n) is 4.38. The highest BCUT2D eigenvalue weighted by atomic mass is 35.5. The van der Waals surface area contributed by atoms with Crippen molar-refractivity contribution in [2.45, 2.75) is 30.7 Å². The van der Waals surface area contributed by atoms with Gasteiger partial charge in [0.25, 0.3) is 0 Å². The molecule has 0 aliphatic rings. The van der Waals surface area contributed by atoms with Gasteiger partial charge in [-0.15, -0.1) is 0 Å². The SMILES string of the molecule is CCC(C)(NS(=O)(=O)c1cc(Cl)cc(Cl)c1)/C(N)=N/O. The summed E-state index contributed by atoms with van der Waals surface area (Å²) in [6, 6.07) is 3.95. The minimum absolute atomic E-state index is 0.0968. The molecule has 0 bridgehead atoms. The molecule has 0 aliphatic heterocycles. The fourth-order valence-electron chi connectivity index (χ4n) is 1.46. The molecule has 1 aromatic rings. The Hall–Kier alpha value is -1.02. The molecule has 0 heterocycles. The summed E-state index contributed by atoms with van der Waals surface area (Å²) in [6.45, 7) is 3.21. The highest BCUT2D eigenvalue weighted by Crippen LogP contribution is 2.24. The maximum atomic E-state index is 12.3. The molecule has 20 heavy (non-hydrogen) atoms. The fourth-order valence-corrected chi connectivity index (χ4v) is 3.63. The first-order chi connectivity index (χ1) is 9.14. The lowest BCUT2D eigenvalue weighted by Gasteiger charge is -2.27. The van der Waals surface area contributed by atoms with Crippen molar-refractivity contribution < 1.29 is 13.6 Å². The van der Waals surface area contributed by atoms with E-state index in [1.807, 2.05) is 0 Å². The van der Waals surface area contributed by atoms with Gasteiger partial charge in [0.05, 0.1) is 10.4 Å². The molecule has 0 aromatic heterocycles. The van der Waals surface area contributed by atoms with Gasteiger partial charge in [-0.2, -0.15) is 4.72 Å². The van der Waals surface area contributed by atoms with Crippen LogP contribution in [0.2, 0.25) is 10.0 Å². The molecule has 0 saturated heterocycles. The van der Waals surface area contributed by atoms with Crippen molar-refractivity contribution in [3.63, 3.8) is 0 Å². The Morgan fingerprint density at radius 2 is 1.90 bits per heavy atom. The smallest absolute Gasteiger partial charge is 0.241 e. The normalized spacial score (nSPS) is 15.9. The summed E-state index contributed by atoms with van der Waals surface area (Å²) >= 11 is 11.6. The van der Waals surface area contributed by atoms with E-state index >= 15 is 0 Å². The van der Waals surface area contributed by atoms with Gasteiger partial charge in [0.2, 0.25) is 10.0 Å². The van der Waals surface area contributed by atoms with Gasteiger partial charge in [-0.05, 0) is 31.5 Å². The molecule has 1 aromatic carbocycles. The van der Waals surface area contributed by atoms with Crippen molar-refractivity contribution in [2.75, 3.05) is 0 Å². The monoisotopic (exact) mass is 339 g/mol. The highest BCUT2D eigenvalue weighted by molar-refractivity contribution is 7.89. The van der Waals surface area contributed by atoms with Crippen LogP contribution in [0.3, 0.4) is 0 Å². The van der Waals surface area contributed by atoms with E-state index in [1.54, 1.807) is 6.92 Å². The van der Waals surface area contributed by atoms with Crippen molar-refractivity contribution in [1.29, 1.82) is 0 Å². The number of benzene rings is 1. The number of nitrogens with two attached hydrogens (primary N) is 1. The molecule has 0 spiro atoms. The molecule has 0 fully saturated rings. The molecule has 1 rings (SSSR count). The van der Waals surface area contributed by atoms with Crippen molar-refractivity contribution in [3.05, 3.63) is 28.2 Å². The standard InChI is InChI=1S/C11H15Cl2N3O3S/c1-3-11(2,10(14)15-17)16-20(18,19)9-5-7(12)4-8(13)6-9/h4-6,16-17H,3H2,1-2H3,(H2,14,15). The van der Waals surface area contributed by atoms with Crippen molar-refractivity contribution >= 4 is 39.1 Å². The van der Waals surface area contributed by atoms with Crippen LogP contribution in [0.15, 0.2) is 28.3 Å². The van der Waals surface area contributed by atoms with Crippen LogP contribution in [0.5, 0.6) is 0 Å². The van der Waals surface area contributed by atoms with E-state index < -0.39 is 15.6 Å². The summed E-state index contributed by atoms with van der Waals surface area (Å²) in [5, 5.41) is 12.0. The summed E-state index contributed by atoms with van der Waals surface area (Å²) in [4.78, 5) is -0.0968. The summed E-state index contributed by atoms with van der Waals surface area (Å²) < 4.78 is 27.0. The maximum Gasteiger partial charge on any atom is 0.241 e. The Morgan fingerprint density at radius 3 is 2.30 bits per heavy atom. The van der Waals surface area contributed by atoms with E-state index in [0.29, 0.717) is 0 Å². The quantitative estimate of drug-likeness (QED) is 0.331. The van der Waals surface area contributed by atoms with Gasteiger partial charge < -0.3 is 10.9 Å². The van der Waals surface area contributed by atoms with Gasteiger partial charge in [-0.1, -0.05) is 35.3 Å². The Balaban J connectivity index is 3.24. The number of hydrogen-bond acceptors (Lipinski definition) is 4. The summed E-state index contributed by atoms with van der Waals surface area (Å²) in [6.07, 6.45) is 0.288. The zero-order valence-corrected chi connectivity index (χ0v) is 13.2. The number of amidine groups is 1. The average Bonchev–Trinajstić information content (AvgIpc) is 2.36. The molecule has 0 radical (unpaired) electrons. The Labute approximate surface area is 127 Å². The Kier molecular flexibility index (Phi) is 5.26. The topological polar surface area (TPSA) is 105 Å². The molecule has 4 N–H and O–H groups in total. The zero-order chi connectivity index (χ0) is 15.6. The predicted octanol–water partition coefficient (Wildman–Crippen LogP) is 2.19. The van der Waals surface area contributed by atoms with Crippen LogP contribution in [-0.2, 0) is 10.0 Å². The van der Waals surface area contributed by atoms with Crippen LogP contribution < -0.4 is 10.5 Å². The Morgan fingerprint density at radius 1 is 1.40 bits per heavy atom. The van der Waals surface area contributed by atoms with Crippen LogP contribution in [0.4, 0.5) is 0 Å². The molecule has 0 saturated carbocycles. The summed E-state index contributed by atoms with van der Waals surface area (Å²) in [5.74, 6) is -0.239. The Bertz CT molecular complexity index is 614. The largest absolute Gasteiger partial charge is 0.409 e. The van der Waals surface area contributed by atoms with Crippen molar-refractivity contribution in [3.8, 4) is 0 Å². The summed E-state index contributed by atoms with van der Waals surface area (Å²) in [7, 11) is -3.92. The lowest BCUT2D eigenvalue weighted by Crippen LogP contribution is -2.54. The minimum atomic E-state index is -3.92. The van der Waals surface area contributed by atoms with E-state index in [4.69, 9.17) is 34.1 Å². The fraction of sp³-hybridized carbons (Fsp3) is 0.364. The zero-order valence-electron chi connectivity index (χ0n) is 10.9. The van der Waals surface area contributed by atoms with Crippen LogP contribution in [-0.4, -0.2) is 25.0 Å². The molecule has 112 valence electrons. The molecule has 1 atom stereocenters. The third kappa shape index (κ3) is 3.76. The maximum absolute atomic E-state index is 12.3. The number of hydrogen-bond donors (Lipinski definition) is 3. The third-order valence-corrected chi connectivity index (χ3v) is 4.90. The first-order valence-corrected chi connectivity index (χ1v) is 7.86. The third-order valence-electron chi connectivity index (χ3n) is 2.89. The minimum Gasteiger partial charge on any atom is -0.409 e. The molecular formula is C11H15Cl2N3O3S. The predicted molar refractivity (Wildman–Crippen MR) is 78.9 cm³/mol. The second kappa shape index (κ2) is 6.17. The number of rotatable bonds is 5. The molecule has 0 amide bonds. The number of halogens is 2. The molecule has 0 aliphatic carbocycles. The van der Waals surface area contributed by atoms with Gasteiger partial charge in [0.1, 0.15) is 0 Å². The molecule has 6 nitrogen and oxygen atoms in total. The van der Waals surface area contributed by atoms with Gasteiger partial charge in [-0.3, -0.25) is 0 Å². The van der Waals surface area contributed by atoms with E-state index in [9.17, 15) is 8.42 Å². The van der Waals surface area contributed by atoms with Crippen molar-refractivity contribution in [1.82, 2.24) is 4.72 Å². The van der Waals surface area contributed by atoms with E-state index in [0.717, 1.165) is 0 Å². The number of oxime groups is 1. The van der Waals surface area contributed by atoms with Crippen LogP contribution >= 0.6 is 23.2 Å². The number of nitrogens with one attached hydrogen (secondary N) is 1. The van der Waals surface area contributed by atoms with Gasteiger partial charge in [0, 0.05) is 10.0 Å². The van der Waals surface area contributed by atoms with Gasteiger partial charge in [0.15, 0.2) is 5.84 Å². The lowest BCUT2D eigenvalue weighted by atomic mass is 10.00. The van der Waals surface area contributed by atoms with Crippen molar-refractivity contribution in [2.24, 2.45) is 10.9 Å². The number of nitrogens with zero attached hydrogens (tertiary/aromatic N) is 1. The molecule has 9 heteroatoms. The average molecular weight is 340 g/mol. The van der Waals surface area contributed by atoms with E-state index in [1.165, 1.54) is 25.1 Å². The molecule has 1 unspecified atom stereocenters. The first kappa shape index (κ1) is 17.0. The van der Waals surface area contributed by atoms with Crippen LogP contribution in [0.1, 0.15) is 20.3 Å². The molecular weight excluding hydrogens is 325 g/mol. The number of sulfonamides is 1. The second-order valence-corrected chi connectivity index (χ2v) is 6.94. The van der Waals surface area contributed by atoms with Crippen LogP contribution in [0, 0.1) is 0 Å². The van der Waals surface area contributed by atoms with Crippen LogP contribution in [0.25, 0.3) is 0 Å². The summed E-state index contributed by atoms with van der Waals surface area (Å²) in [5.41, 5.74) is 4.31. The van der Waals surface area contributed by atoms with E-state index in [-0.39, 0.29) is 27.2 Å². The first-order valence-electron chi connectivity index (χ1n) is 5.62. The highest BCUT2D eigenvalue weighted by Gasteiger charge is 2.33. The van der Waals surface area contributed by atoms with Gasteiger partial charge in [-0.25, -0.2) is 8.42 Å².